The van der Waals surface area contributed by atoms with Crippen LogP contribution in [0, 0.1) is 0 Å². The van der Waals surface area contributed by atoms with Crippen LogP contribution >= 0.6 is 0 Å². The van der Waals surface area contributed by atoms with Gasteiger partial charge in [-0.1, -0.05) is 6.92 Å². The summed E-state index contributed by atoms with van der Waals surface area (Å²) in [5, 5.41) is 2.86. The average Bonchev–Trinajstić information content (AvgIpc) is 3.16. The van der Waals surface area contributed by atoms with Crippen molar-refractivity contribution in [2.75, 3.05) is 23.6 Å². The standard InChI is InChI=1S/C19H22N4O3/c1-2-14-5-3-4-8-23(14)18-10-15(20-11-21-18)19(24)22-13-6-7-16-17(9-13)26-12-25-16/h6-7,9-11,14H,2-5,8,12H2,1H3,(H,22,24). The van der Waals surface area contributed by atoms with Gasteiger partial charge in [-0.25, -0.2) is 9.97 Å². The van der Waals surface area contributed by atoms with Crippen molar-refractivity contribution in [1.29, 1.82) is 0 Å². The number of nitrogens with one attached hydrogen (secondary N) is 1. The van der Waals surface area contributed by atoms with Crippen LogP contribution in [0.3, 0.4) is 0 Å². The van der Waals surface area contributed by atoms with Crippen molar-refractivity contribution in [3.63, 3.8) is 0 Å². The van der Waals surface area contributed by atoms with Crippen molar-refractivity contribution in [2.45, 2.75) is 38.6 Å². The predicted octanol–water partition coefficient (Wildman–Crippen LogP) is 3.23. The SMILES string of the molecule is CCC1CCCCN1c1cc(C(=O)Nc2ccc3c(c2)OCO3)ncn1. The molecular formula is C19H22N4O3. The van der Waals surface area contributed by atoms with E-state index in [-0.39, 0.29) is 12.7 Å². The summed E-state index contributed by atoms with van der Waals surface area (Å²) in [6, 6.07) is 7.56. The third kappa shape index (κ3) is 3.29. The molecule has 1 aromatic heterocycles. The molecule has 1 saturated heterocycles. The first-order valence-corrected chi connectivity index (χ1v) is 9.04. The number of ether oxygens (including phenoxy) is 2. The topological polar surface area (TPSA) is 76.6 Å². The third-order valence-corrected chi connectivity index (χ3v) is 4.91. The van der Waals surface area contributed by atoms with E-state index in [1.54, 1.807) is 24.3 Å². The fourth-order valence-corrected chi connectivity index (χ4v) is 3.52. The minimum atomic E-state index is -0.266. The van der Waals surface area contributed by atoms with Gasteiger partial charge in [0.25, 0.3) is 5.91 Å². The van der Waals surface area contributed by atoms with Crippen LogP contribution in [0.2, 0.25) is 0 Å². The summed E-state index contributed by atoms with van der Waals surface area (Å²) in [6.45, 7) is 3.37. The van der Waals surface area contributed by atoms with Gasteiger partial charge >= 0.3 is 0 Å². The average molecular weight is 354 g/mol. The van der Waals surface area contributed by atoms with Crippen molar-refractivity contribution in [2.24, 2.45) is 0 Å². The highest BCUT2D eigenvalue weighted by Gasteiger charge is 2.23. The molecule has 1 fully saturated rings. The van der Waals surface area contributed by atoms with Gasteiger partial charge in [0.1, 0.15) is 17.8 Å². The quantitative estimate of drug-likeness (QED) is 0.908. The summed E-state index contributed by atoms with van der Waals surface area (Å²) >= 11 is 0. The minimum Gasteiger partial charge on any atom is -0.454 e. The lowest BCUT2D eigenvalue weighted by Gasteiger charge is -2.36. The Balaban J connectivity index is 1.51. The molecule has 2 aromatic rings. The molecule has 1 aromatic carbocycles. The number of carbonyl (C=O) groups excluding carboxylic acids is 1. The monoisotopic (exact) mass is 354 g/mol. The van der Waals surface area contributed by atoms with E-state index in [4.69, 9.17) is 9.47 Å². The third-order valence-electron chi connectivity index (χ3n) is 4.91. The maximum Gasteiger partial charge on any atom is 0.274 e. The van der Waals surface area contributed by atoms with Crippen LogP contribution in [0.1, 0.15) is 43.1 Å². The number of anilines is 2. The molecule has 26 heavy (non-hydrogen) atoms. The summed E-state index contributed by atoms with van der Waals surface area (Å²) in [5.74, 6) is 1.87. The van der Waals surface area contributed by atoms with Gasteiger partial charge in [0, 0.05) is 30.4 Å². The fraction of sp³-hybridized carbons (Fsp3) is 0.421. The molecule has 1 atom stereocenters. The fourth-order valence-electron chi connectivity index (χ4n) is 3.52. The van der Waals surface area contributed by atoms with E-state index >= 15 is 0 Å². The van der Waals surface area contributed by atoms with Crippen molar-refractivity contribution in [1.82, 2.24) is 9.97 Å². The van der Waals surface area contributed by atoms with Gasteiger partial charge in [-0.3, -0.25) is 4.79 Å². The molecule has 1 unspecified atom stereocenters. The number of fused-ring (bicyclic) bond motifs is 1. The number of nitrogens with zero attached hydrogens (tertiary/aromatic N) is 3. The molecule has 0 radical (unpaired) electrons. The number of benzene rings is 1. The normalized spacial score (nSPS) is 18.7. The smallest absolute Gasteiger partial charge is 0.274 e. The molecule has 3 heterocycles. The lowest BCUT2D eigenvalue weighted by atomic mass is 10.00. The van der Waals surface area contributed by atoms with Gasteiger partial charge in [-0.15, -0.1) is 0 Å². The first-order valence-electron chi connectivity index (χ1n) is 9.04. The Labute approximate surface area is 152 Å². The first-order chi connectivity index (χ1) is 12.7. The van der Waals surface area contributed by atoms with Crippen molar-refractivity contribution < 1.29 is 14.3 Å². The highest BCUT2D eigenvalue weighted by Crippen LogP contribution is 2.34. The maximum atomic E-state index is 12.6. The number of piperidine rings is 1. The van der Waals surface area contributed by atoms with Crippen molar-refractivity contribution >= 4 is 17.4 Å². The largest absolute Gasteiger partial charge is 0.454 e. The summed E-state index contributed by atoms with van der Waals surface area (Å²) in [7, 11) is 0. The molecule has 7 heteroatoms. The van der Waals surface area contributed by atoms with Gasteiger partial charge in [-0.2, -0.15) is 0 Å². The van der Waals surface area contributed by atoms with Gasteiger partial charge in [0.2, 0.25) is 6.79 Å². The van der Waals surface area contributed by atoms with Crippen molar-refractivity contribution in [3.8, 4) is 11.5 Å². The highest BCUT2D eigenvalue weighted by atomic mass is 16.7. The van der Waals surface area contributed by atoms with E-state index in [0.29, 0.717) is 28.9 Å². The zero-order chi connectivity index (χ0) is 17.9. The summed E-state index contributed by atoms with van der Waals surface area (Å²) in [5.41, 5.74) is 0.997. The predicted molar refractivity (Wildman–Crippen MR) is 97.8 cm³/mol. The molecule has 1 amide bonds. The molecule has 0 bridgehead atoms. The van der Waals surface area contributed by atoms with Crippen LogP contribution in [-0.4, -0.2) is 35.3 Å². The molecule has 2 aliphatic rings. The lowest BCUT2D eigenvalue weighted by molar-refractivity contribution is 0.102. The van der Waals surface area contributed by atoms with E-state index in [1.165, 1.54) is 19.2 Å². The Kier molecular flexibility index (Phi) is 4.60. The second-order valence-corrected chi connectivity index (χ2v) is 6.53. The van der Waals surface area contributed by atoms with E-state index < -0.39 is 0 Å². The van der Waals surface area contributed by atoms with E-state index in [9.17, 15) is 4.79 Å². The second kappa shape index (κ2) is 7.19. The number of hydrogen-bond acceptors (Lipinski definition) is 6. The number of hydrogen-bond donors (Lipinski definition) is 1. The molecule has 7 nitrogen and oxygen atoms in total. The summed E-state index contributed by atoms with van der Waals surface area (Å²) in [6.07, 6.45) is 6.10. The van der Waals surface area contributed by atoms with Crippen LogP contribution in [0.5, 0.6) is 11.5 Å². The highest BCUT2D eigenvalue weighted by molar-refractivity contribution is 6.03. The van der Waals surface area contributed by atoms with Gasteiger partial charge in [0.15, 0.2) is 11.5 Å². The molecule has 0 aliphatic carbocycles. The van der Waals surface area contributed by atoms with Crippen LogP contribution in [-0.2, 0) is 0 Å². The number of aromatic nitrogens is 2. The zero-order valence-corrected chi connectivity index (χ0v) is 14.8. The molecule has 2 aliphatic heterocycles. The number of rotatable bonds is 4. The maximum absolute atomic E-state index is 12.6. The van der Waals surface area contributed by atoms with Gasteiger partial charge in [0.05, 0.1) is 0 Å². The molecule has 4 rings (SSSR count). The summed E-state index contributed by atoms with van der Waals surface area (Å²) < 4.78 is 10.6. The minimum absolute atomic E-state index is 0.205. The Morgan fingerprint density at radius 2 is 2.12 bits per heavy atom. The Morgan fingerprint density at radius 3 is 3.00 bits per heavy atom. The number of carbonyl (C=O) groups is 1. The Bertz CT molecular complexity index is 811. The van der Waals surface area contributed by atoms with Gasteiger partial charge in [-0.05, 0) is 37.8 Å². The summed E-state index contributed by atoms with van der Waals surface area (Å²) in [4.78, 5) is 23.4. The molecule has 0 spiro atoms. The van der Waals surface area contributed by atoms with Crippen molar-refractivity contribution in [3.05, 3.63) is 36.3 Å². The molecular weight excluding hydrogens is 332 g/mol. The molecule has 0 saturated carbocycles. The van der Waals surface area contributed by atoms with Crippen LogP contribution in [0.25, 0.3) is 0 Å². The zero-order valence-electron chi connectivity index (χ0n) is 14.8. The first kappa shape index (κ1) is 16.6. The Morgan fingerprint density at radius 1 is 1.23 bits per heavy atom. The van der Waals surface area contributed by atoms with Gasteiger partial charge < -0.3 is 19.7 Å². The molecule has 1 N–H and O–H groups in total. The van der Waals surface area contributed by atoms with E-state index in [2.05, 4.69) is 27.1 Å². The Hall–Kier alpha value is -2.83. The van der Waals surface area contributed by atoms with E-state index in [1.807, 2.05) is 0 Å². The second-order valence-electron chi connectivity index (χ2n) is 6.53. The lowest BCUT2D eigenvalue weighted by Crippen LogP contribution is -2.39. The number of amides is 1. The van der Waals surface area contributed by atoms with Crippen LogP contribution in [0.15, 0.2) is 30.6 Å². The van der Waals surface area contributed by atoms with Crippen LogP contribution in [0.4, 0.5) is 11.5 Å². The van der Waals surface area contributed by atoms with E-state index in [0.717, 1.165) is 25.2 Å². The molecule has 136 valence electrons. The van der Waals surface area contributed by atoms with Crippen LogP contribution < -0.4 is 19.7 Å².